The Morgan fingerprint density at radius 3 is 2.52 bits per heavy atom. The smallest absolute Gasteiger partial charge is 0.249 e. The van der Waals surface area contributed by atoms with Crippen molar-refractivity contribution in [1.82, 2.24) is 20.3 Å². The number of carbonyl (C=O) groups is 2. The summed E-state index contributed by atoms with van der Waals surface area (Å²) in [5.74, 6) is 0.539. The number of hydrogen-bond donors (Lipinski definition) is 1. The topological polar surface area (TPSA) is 98.6 Å². The van der Waals surface area contributed by atoms with Crippen molar-refractivity contribution in [2.24, 2.45) is 0 Å². The van der Waals surface area contributed by atoms with Crippen molar-refractivity contribution in [3.63, 3.8) is 0 Å². The van der Waals surface area contributed by atoms with Crippen molar-refractivity contribution in [2.45, 2.75) is 58.2 Å². The van der Waals surface area contributed by atoms with E-state index in [1.54, 1.807) is 28.8 Å². The lowest BCUT2D eigenvalue weighted by Gasteiger charge is -2.32. The molecule has 9 nitrogen and oxygen atoms in total. The van der Waals surface area contributed by atoms with Crippen molar-refractivity contribution in [3.05, 3.63) is 77.9 Å². The number of fused-ring (bicyclic) bond motifs is 1. The Kier molecular flexibility index (Phi) is 8.28. The molecular formula is C31H35N5O4. The normalized spacial score (nSPS) is 14.2. The number of carbonyl (C=O) groups excluding carboxylic acids is 2. The fraction of sp³-hybridized carbons (Fsp3) is 0.355. The van der Waals surface area contributed by atoms with E-state index in [0.29, 0.717) is 34.9 Å². The summed E-state index contributed by atoms with van der Waals surface area (Å²) in [5, 5.41) is 11.7. The number of benzene rings is 3. The van der Waals surface area contributed by atoms with E-state index < -0.39 is 6.04 Å². The Hall–Kier alpha value is -4.40. The summed E-state index contributed by atoms with van der Waals surface area (Å²) in [5.41, 5.74) is 3.72. The van der Waals surface area contributed by atoms with Crippen molar-refractivity contribution in [1.29, 1.82) is 0 Å². The Morgan fingerprint density at radius 2 is 1.80 bits per heavy atom. The lowest BCUT2D eigenvalue weighted by Crippen LogP contribution is -2.47. The second-order valence-corrected chi connectivity index (χ2v) is 10.1. The first-order chi connectivity index (χ1) is 19.5. The zero-order valence-electron chi connectivity index (χ0n) is 23.2. The largest absolute Gasteiger partial charge is 0.493 e. The van der Waals surface area contributed by atoms with E-state index in [-0.39, 0.29) is 24.4 Å². The van der Waals surface area contributed by atoms with Gasteiger partial charge in [0.15, 0.2) is 11.5 Å². The number of anilines is 1. The number of nitrogens with one attached hydrogen (secondary N) is 1. The first-order valence-corrected chi connectivity index (χ1v) is 13.8. The van der Waals surface area contributed by atoms with Gasteiger partial charge in [-0.3, -0.25) is 14.5 Å². The minimum absolute atomic E-state index is 0.0776. The Morgan fingerprint density at radius 1 is 1.05 bits per heavy atom. The van der Waals surface area contributed by atoms with Gasteiger partial charge in [-0.2, -0.15) is 0 Å². The highest BCUT2D eigenvalue weighted by atomic mass is 16.5. The van der Waals surface area contributed by atoms with Crippen LogP contribution in [0.1, 0.15) is 49.8 Å². The van der Waals surface area contributed by atoms with Crippen LogP contribution in [0.5, 0.6) is 11.5 Å². The average Bonchev–Trinajstić information content (AvgIpc) is 3.63. The highest BCUT2D eigenvalue weighted by Gasteiger charge is 2.35. The number of aromatic nitrogens is 3. The summed E-state index contributed by atoms with van der Waals surface area (Å²) in [6.45, 7) is 4.27. The van der Waals surface area contributed by atoms with Gasteiger partial charge in [-0.25, -0.2) is 4.68 Å². The van der Waals surface area contributed by atoms with Gasteiger partial charge < -0.3 is 14.8 Å². The summed E-state index contributed by atoms with van der Waals surface area (Å²) >= 11 is 0. The first-order valence-electron chi connectivity index (χ1n) is 13.8. The first kappa shape index (κ1) is 27.2. The van der Waals surface area contributed by atoms with Crippen LogP contribution in [0.4, 0.5) is 5.69 Å². The zero-order chi connectivity index (χ0) is 28.1. The van der Waals surface area contributed by atoms with Gasteiger partial charge in [0.1, 0.15) is 18.1 Å². The van der Waals surface area contributed by atoms with Crippen molar-refractivity contribution in [2.75, 3.05) is 18.6 Å². The molecule has 9 heteroatoms. The van der Waals surface area contributed by atoms with Crippen molar-refractivity contribution >= 4 is 28.5 Å². The van der Waals surface area contributed by atoms with Gasteiger partial charge in [-0.1, -0.05) is 54.0 Å². The van der Waals surface area contributed by atoms with Crippen LogP contribution < -0.4 is 19.7 Å². The Balaban J connectivity index is 1.60. The van der Waals surface area contributed by atoms with E-state index >= 15 is 0 Å². The third-order valence-electron chi connectivity index (χ3n) is 7.30. The van der Waals surface area contributed by atoms with Crippen LogP contribution in [0, 0.1) is 6.92 Å². The van der Waals surface area contributed by atoms with Gasteiger partial charge in [-0.15, -0.1) is 5.10 Å². The van der Waals surface area contributed by atoms with Crippen LogP contribution in [0.3, 0.4) is 0 Å². The van der Waals surface area contributed by atoms with E-state index in [2.05, 4.69) is 15.6 Å². The molecule has 1 heterocycles. The van der Waals surface area contributed by atoms with E-state index in [1.165, 1.54) is 0 Å². The van der Waals surface area contributed by atoms with Gasteiger partial charge in [0.05, 0.1) is 19.2 Å². The van der Waals surface area contributed by atoms with Gasteiger partial charge in [0.2, 0.25) is 11.8 Å². The van der Waals surface area contributed by atoms with Crippen molar-refractivity contribution in [3.8, 4) is 11.5 Å². The van der Waals surface area contributed by atoms with E-state index in [1.807, 2.05) is 68.4 Å². The standard InChI is InChI=1S/C31H35N5O4/c1-4-40-27-18-15-22(19-28(27)39-3)30(31(38)32-23-9-5-6-10-23)36(24-16-13-21(2)14-17-24)29(37)20-35-26-12-8-7-11-25(26)33-34-35/h7-8,11-19,23,30H,4-6,9-10,20H2,1-3H3,(H,32,38)/t30-/m1/s1. The summed E-state index contributed by atoms with van der Waals surface area (Å²) in [7, 11) is 1.56. The molecule has 0 spiro atoms. The minimum Gasteiger partial charge on any atom is -0.493 e. The molecule has 1 aliphatic carbocycles. The number of methoxy groups -OCH3 is 1. The molecule has 1 atom stereocenters. The number of ether oxygens (including phenoxy) is 2. The Bertz CT molecular complexity index is 1480. The zero-order valence-corrected chi connectivity index (χ0v) is 23.2. The number of aryl methyl sites for hydroxylation is 1. The van der Waals surface area contributed by atoms with Crippen LogP contribution in [0.2, 0.25) is 0 Å². The predicted octanol–water partition coefficient (Wildman–Crippen LogP) is 4.98. The quantitative estimate of drug-likeness (QED) is 0.304. The fourth-order valence-corrected chi connectivity index (χ4v) is 5.28. The Labute approximate surface area is 234 Å². The molecule has 3 aromatic carbocycles. The highest BCUT2D eigenvalue weighted by molar-refractivity contribution is 6.01. The third kappa shape index (κ3) is 5.78. The molecule has 1 aromatic heterocycles. The lowest BCUT2D eigenvalue weighted by atomic mass is 10.0. The van der Waals surface area contributed by atoms with E-state index in [0.717, 1.165) is 36.8 Å². The average molecular weight is 542 g/mol. The summed E-state index contributed by atoms with van der Waals surface area (Å²) in [6, 6.07) is 19.6. The van der Waals surface area contributed by atoms with Gasteiger partial charge in [0, 0.05) is 11.7 Å². The van der Waals surface area contributed by atoms with Gasteiger partial charge in [-0.05, 0) is 68.7 Å². The summed E-state index contributed by atoms with van der Waals surface area (Å²) in [6.07, 6.45) is 4.00. The molecule has 1 fully saturated rings. The van der Waals surface area contributed by atoms with Crippen LogP contribution in [0.15, 0.2) is 66.7 Å². The summed E-state index contributed by atoms with van der Waals surface area (Å²) < 4.78 is 12.9. The number of hydrogen-bond acceptors (Lipinski definition) is 6. The molecule has 0 saturated heterocycles. The number of nitrogens with zero attached hydrogens (tertiary/aromatic N) is 4. The maximum absolute atomic E-state index is 14.2. The summed E-state index contributed by atoms with van der Waals surface area (Å²) in [4.78, 5) is 29.9. The fourth-order valence-electron chi connectivity index (χ4n) is 5.28. The van der Waals surface area contributed by atoms with E-state index in [9.17, 15) is 9.59 Å². The van der Waals surface area contributed by atoms with Crippen LogP contribution >= 0.6 is 0 Å². The molecule has 5 rings (SSSR count). The maximum Gasteiger partial charge on any atom is 0.249 e. The molecule has 1 saturated carbocycles. The molecular weight excluding hydrogens is 506 g/mol. The third-order valence-corrected chi connectivity index (χ3v) is 7.30. The molecule has 208 valence electrons. The molecule has 0 radical (unpaired) electrons. The monoisotopic (exact) mass is 541 g/mol. The molecule has 40 heavy (non-hydrogen) atoms. The molecule has 2 amide bonds. The van der Waals surface area contributed by atoms with Crippen LogP contribution in [-0.2, 0) is 16.1 Å². The lowest BCUT2D eigenvalue weighted by molar-refractivity contribution is -0.127. The van der Waals surface area contributed by atoms with Gasteiger partial charge >= 0.3 is 0 Å². The number of para-hydroxylation sites is 1. The minimum atomic E-state index is -0.949. The highest BCUT2D eigenvalue weighted by Crippen LogP contribution is 2.35. The van der Waals surface area contributed by atoms with Gasteiger partial charge in [0.25, 0.3) is 0 Å². The second-order valence-electron chi connectivity index (χ2n) is 10.1. The maximum atomic E-state index is 14.2. The SMILES string of the molecule is CCOc1ccc([C@H](C(=O)NC2CCCC2)N(C(=O)Cn2nnc3ccccc32)c2ccc(C)cc2)cc1OC. The van der Waals surface area contributed by atoms with Crippen molar-refractivity contribution < 1.29 is 19.1 Å². The predicted molar refractivity (Wildman–Crippen MR) is 153 cm³/mol. The molecule has 0 unspecified atom stereocenters. The molecule has 4 aromatic rings. The van der Waals surface area contributed by atoms with Crippen LogP contribution in [0.25, 0.3) is 11.0 Å². The molecule has 1 aliphatic rings. The number of amides is 2. The molecule has 0 bridgehead atoms. The van der Waals surface area contributed by atoms with E-state index in [4.69, 9.17) is 9.47 Å². The number of rotatable bonds is 10. The molecule has 0 aliphatic heterocycles. The van der Waals surface area contributed by atoms with Crippen LogP contribution in [-0.4, -0.2) is 46.6 Å². The molecule has 1 N–H and O–H groups in total. The second kappa shape index (κ2) is 12.2.